The number of carbonyl (C=O) groups is 1. The summed E-state index contributed by atoms with van der Waals surface area (Å²) in [7, 11) is 0. The molecule has 0 radical (unpaired) electrons. The van der Waals surface area contributed by atoms with Crippen LogP contribution >= 0.6 is 27.3 Å². The van der Waals surface area contributed by atoms with E-state index in [1.807, 2.05) is 12.1 Å². The van der Waals surface area contributed by atoms with Gasteiger partial charge < -0.3 is 4.74 Å². The normalized spacial score (nSPS) is 27.1. The van der Waals surface area contributed by atoms with Crippen molar-refractivity contribution in [2.24, 2.45) is 0 Å². The lowest BCUT2D eigenvalue weighted by Crippen LogP contribution is -2.31. The Labute approximate surface area is 110 Å². The molecule has 0 saturated heterocycles. The molecule has 94 valence electrons. The van der Waals surface area contributed by atoms with E-state index in [9.17, 15) is 13.6 Å². The number of halogens is 3. The number of ether oxygens (including phenoxy) is 1. The van der Waals surface area contributed by atoms with Crippen LogP contribution in [-0.2, 0) is 9.53 Å². The third-order valence-corrected chi connectivity index (χ3v) is 4.58. The van der Waals surface area contributed by atoms with Crippen LogP contribution in [0.15, 0.2) is 15.9 Å². The number of thiophene rings is 1. The molecule has 2 rings (SSSR count). The van der Waals surface area contributed by atoms with Crippen LogP contribution in [0.25, 0.3) is 0 Å². The zero-order valence-electron chi connectivity index (χ0n) is 9.08. The minimum Gasteiger partial charge on any atom is -0.456 e. The predicted octanol–water partition coefficient (Wildman–Crippen LogP) is 3.96. The van der Waals surface area contributed by atoms with Gasteiger partial charge in [0.05, 0.1) is 3.79 Å². The summed E-state index contributed by atoms with van der Waals surface area (Å²) < 4.78 is 32.9. The van der Waals surface area contributed by atoms with Crippen molar-refractivity contribution in [3.05, 3.63) is 20.8 Å². The molecule has 1 fully saturated rings. The highest BCUT2D eigenvalue weighted by Crippen LogP contribution is 2.47. The molecule has 1 aliphatic carbocycles. The number of esters is 1. The summed E-state index contributed by atoms with van der Waals surface area (Å²) in [6.45, 7) is 1.16. The van der Waals surface area contributed by atoms with Crippen molar-refractivity contribution in [2.45, 2.75) is 37.7 Å². The molecule has 1 saturated carbocycles. The molecule has 0 bridgehead atoms. The molecule has 1 aromatic heterocycles. The minimum absolute atomic E-state index is 0.194. The Kier molecular flexibility index (Phi) is 3.54. The minimum atomic E-state index is -2.92. The highest BCUT2D eigenvalue weighted by molar-refractivity contribution is 9.11. The molecule has 6 heteroatoms. The lowest BCUT2D eigenvalue weighted by molar-refractivity contribution is -0.164. The topological polar surface area (TPSA) is 26.3 Å². The van der Waals surface area contributed by atoms with Gasteiger partial charge in [0.2, 0.25) is 0 Å². The van der Waals surface area contributed by atoms with E-state index in [1.165, 1.54) is 11.3 Å². The summed E-state index contributed by atoms with van der Waals surface area (Å²) in [4.78, 5) is 11.7. The molecule has 1 aliphatic rings. The van der Waals surface area contributed by atoms with Gasteiger partial charge in [-0.05, 0) is 34.5 Å². The van der Waals surface area contributed by atoms with E-state index < -0.39 is 18.0 Å². The first-order valence-corrected chi connectivity index (χ1v) is 6.79. The molecular formula is C11H11BrF2O2S. The monoisotopic (exact) mass is 324 g/mol. The van der Waals surface area contributed by atoms with Gasteiger partial charge in [-0.15, -0.1) is 11.3 Å². The van der Waals surface area contributed by atoms with Gasteiger partial charge in [-0.2, -0.15) is 0 Å². The van der Waals surface area contributed by atoms with E-state index in [1.54, 1.807) is 0 Å². The van der Waals surface area contributed by atoms with Gasteiger partial charge >= 0.3 is 5.97 Å². The Balaban J connectivity index is 2.12. The maximum atomic E-state index is 13.6. The Bertz CT molecular complexity index is 433. The molecule has 1 aromatic rings. The van der Waals surface area contributed by atoms with Crippen LogP contribution < -0.4 is 0 Å². The van der Waals surface area contributed by atoms with Gasteiger partial charge in [-0.1, -0.05) is 0 Å². The summed E-state index contributed by atoms with van der Waals surface area (Å²) in [5, 5.41) is 0. The van der Waals surface area contributed by atoms with Crippen LogP contribution in [0.2, 0.25) is 0 Å². The summed E-state index contributed by atoms with van der Waals surface area (Å²) in [5.41, 5.74) is 0. The molecule has 1 heterocycles. The van der Waals surface area contributed by atoms with Crippen molar-refractivity contribution in [1.29, 1.82) is 0 Å². The standard InChI is InChI=1S/C11H11BrF2O2S/c1-6(15)16-9-4-7(5-11(9,13)14)8-2-3-10(12)17-8/h2-3,7,9H,4-5H2,1H3. The van der Waals surface area contributed by atoms with Crippen molar-refractivity contribution >= 4 is 33.2 Å². The number of hydrogen-bond donors (Lipinski definition) is 0. The molecule has 0 N–H and O–H groups in total. The lowest BCUT2D eigenvalue weighted by Gasteiger charge is -2.17. The predicted molar refractivity (Wildman–Crippen MR) is 64.5 cm³/mol. The zero-order chi connectivity index (χ0) is 12.6. The molecule has 0 aromatic carbocycles. The number of hydrogen-bond acceptors (Lipinski definition) is 3. The number of carbonyl (C=O) groups excluding carboxylic acids is 1. The van der Waals surface area contributed by atoms with Gasteiger partial charge in [0.25, 0.3) is 5.92 Å². The first kappa shape index (κ1) is 13.0. The second-order valence-corrected chi connectivity index (χ2v) is 6.63. The third kappa shape index (κ3) is 2.85. The first-order chi connectivity index (χ1) is 7.88. The largest absolute Gasteiger partial charge is 0.456 e. The number of rotatable bonds is 2. The second-order valence-electron chi connectivity index (χ2n) is 4.14. The van der Waals surface area contributed by atoms with Crippen molar-refractivity contribution in [3.63, 3.8) is 0 Å². The molecule has 17 heavy (non-hydrogen) atoms. The van der Waals surface area contributed by atoms with E-state index in [0.29, 0.717) is 0 Å². The van der Waals surface area contributed by atoms with Gasteiger partial charge in [0.1, 0.15) is 0 Å². The molecular weight excluding hydrogens is 314 g/mol. The van der Waals surface area contributed by atoms with E-state index in [0.717, 1.165) is 15.6 Å². The fourth-order valence-corrected chi connectivity index (χ4v) is 3.61. The third-order valence-electron chi connectivity index (χ3n) is 2.79. The van der Waals surface area contributed by atoms with Crippen LogP contribution in [0.4, 0.5) is 8.78 Å². The highest BCUT2D eigenvalue weighted by Gasteiger charge is 2.51. The van der Waals surface area contributed by atoms with Crippen molar-refractivity contribution in [1.82, 2.24) is 0 Å². The smallest absolute Gasteiger partial charge is 0.303 e. The summed E-state index contributed by atoms with van der Waals surface area (Å²) in [6.07, 6.45) is -1.34. The Hall–Kier alpha value is -0.490. The SMILES string of the molecule is CC(=O)OC1CC(c2ccc(Br)s2)CC1(F)F. The van der Waals surface area contributed by atoms with Crippen LogP contribution in [0.1, 0.15) is 30.6 Å². The van der Waals surface area contributed by atoms with Gasteiger partial charge in [-0.25, -0.2) is 8.78 Å². The summed E-state index contributed by atoms with van der Waals surface area (Å²) in [5.74, 6) is -3.80. The summed E-state index contributed by atoms with van der Waals surface area (Å²) in [6, 6.07) is 3.68. The quantitative estimate of drug-likeness (QED) is 0.770. The first-order valence-electron chi connectivity index (χ1n) is 5.19. The maximum Gasteiger partial charge on any atom is 0.303 e. The van der Waals surface area contributed by atoms with E-state index >= 15 is 0 Å². The fraction of sp³-hybridized carbons (Fsp3) is 0.545. The van der Waals surface area contributed by atoms with Crippen LogP contribution in [0.5, 0.6) is 0 Å². The Morgan fingerprint density at radius 1 is 1.59 bits per heavy atom. The molecule has 2 nitrogen and oxygen atoms in total. The Morgan fingerprint density at radius 2 is 2.29 bits per heavy atom. The van der Waals surface area contributed by atoms with Gasteiger partial charge in [0, 0.05) is 24.1 Å². The van der Waals surface area contributed by atoms with E-state index in [2.05, 4.69) is 20.7 Å². The second kappa shape index (κ2) is 4.65. The molecule has 2 unspecified atom stereocenters. The number of alkyl halides is 2. The van der Waals surface area contributed by atoms with Crippen molar-refractivity contribution in [3.8, 4) is 0 Å². The lowest BCUT2D eigenvalue weighted by atomic mass is 10.1. The molecule has 2 atom stereocenters. The van der Waals surface area contributed by atoms with E-state index in [4.69, 9.17) is 0 Å². The van der Waals surface area contributed by atoms with Gasteiger partial charge in [-0.3, -0.25) is 4.79 Å². The van der Waals surface area contributed by atoms with Gasteiger partial charge in [0.15, 0.2) is 6.10 Å². The highest BCUT2D eigenvalue weighted by atomic mass is 79.9. The van der Waals surface area contributed by atoms with Crippen LogP contribution in [0.3, 0.4) is 0 Å². The summed E-state index contributed by atoms with van der Waals surface area (Å²) >= 11 is 4.76. The Morgan fingerprint density at radius 3 is 2.82 bits per heavy atom. The van der Waals surface area contributed by atoms with Crippen LogP contribution in [-0.4, -0.2) is 18.0 Å². The van der Waals surface area contributed by atoms with Crippen molar-refractivity contribution < 1.29 is 18.3 Å². The maximum absolute atomic E-state index is 13.6. The average molecular weight is 325 g/mol. The van der Waals surface area contributed by atoms with Crippen LogP contribution in [0, 0.1) is 0 Å². The molecule has 0 aliphatic heterocycles. The average Bonchev–Trinajstić information content (AvgIpc) is 2.71. The molecule has 0 amide bonds. The van der Waals surface area contributed by atoms with Crippen molar-refractivity contribution in [2.75, 3.05) is 0 Å². The fourth-order valence-electron chi connectivity index (χ4n) is 2.07. The van der Waals surface area contributed by atoms with E-state index in [-0.39, 0.29) is 18.8 Å². The molecule has 0 spiro atoms. The zero-order valence-corrected chi connectivity index (χ0v) is 11.5.